The number of rotatable bonds is 3. The highest BCUT2D eigenvalue weighted by Crippen LogP contribution is 2.28. The molecule has 1 heterocycles. The Balaban J connectivity index is 1.97. The summed E-state index contributed by atoms with van der Waals surface area (Å²) < 4.78 is 0. The van der Waals surface area contributed by atoms with Gasteiger partial charge in [-0.3, -0.25) is 9.78 Å². The average Bonchev–Trinajstić information content (AvgIpc) is 3.10. The molecule has 15 heavy (non-hydrogen) atoms. The van der Waals surface area contributed by atoms with Gasteiger partial charge in [0.2, 0.25) is 5.91 Å². The third kappa shape index (κ3) is 2.62. The molecule has 1 aliphatic rings. The van der Waals surface area contributed by atoms with Crippen LogP contribution in [0.2, 0.25) is 0 Å². The van der Waals surface area contributed by atoms with Gasteiger partial charge in [0.15, 0.2) is 0 Å². The van der Waals surface area contributed by atoms with Crippen LogP contribution in [0.3, 0.4) is 0 Å². The van der Waals surface area contributed by atoms with Crippen molar-refractivity contribution >= 4 is 11.6 Å². The first-order valence-electron chi connectivity index (χ1n) is 5.03. The van der Waals surface area contributed by atoms with E-state index in [2.05, 4.69) is 15.5 Å². The van der Waals surface area contributed by atoms with Crippen molar-refractivity contribution in [2.45, 2.75) is 19.8 Å². The van der Waals surface area contributed by atoms with Crippen LogP contribution >= 0.6 is 0 Å². The topological polar surface area (TPSA) is 54.4 Å². The van der Waals surface area contributed by atoms with Crippen LogP contribution in [0.5, 0.6) is 0 Å². The van der Waals surface area contributed by atoms with E-state index in [9.17, 15) is 4.79 Å². The maximum Gasteiger partial charge on any atom is 0.243 e. The SMILES string of the molecule is C/C(=N/NC(=O)C1CC1)c1ccccn1. The Hall–Kier alpha value is -1.71. The lowest BCUT2D eigenvalue weighted by molar-refractivity contribution is -0.122. The van der Waals surface area contributed by atoms with E-state index in [1.807, 2.05) is 25.1 Å². The van der Waals surface area contributed by atoms with Crippen LogP contribution in [0.4, 0.5) is 0 Å². The molecule has 1 amide bonds. The highest BCUT2D eigenvalue weighted by molar-refractivity contribution is 5.97. The van der Waals surface area contributed by atoms with Gasteiger partial charge in [0.05, 0.1) is 11.4 Å². The predicted molar refractivity (Wildman–Crippen MR) is 57.3 cm³/mol. The largest absolute Gasteiger partial charge is 0.273 e. The Labute approximate surface area is 88.4 Å². The normalized spacial score (nSPS) is 16.2. The van der Waals surface area contributed by atoms with E-state index in [0.29, 0.717) is 0 Å². The highest BCUT2D eigenvalue weighted by Gasteiger charge is 2.29. The maximum atomic E-state index is 11.3. The van der Waals surface area contributed by atoms with Gasteiger partial charge in [-0.25, -0.2) is 5.43 Å². The fraction of sp³-hybridized carbons (Fsp3) is 0.364. The minimum absolute atomic E-state index is 0.0188. The van der Waals surface area contributed by atoms with Gasteiger partial charge in [0.25, 0.3) is 0 Å². The van der Waals surface area contributed by atoms with Crippen molar-refractivity contribution in [2.75, 3.05) is 0 Å². The van der Waals surface area contributed by atoms with Crippen LogP contribution in [-0.4, -0.2) is 16.6 Å². The second-order valence-corrected chi connectivity index (χ2v) is 3.66. The first-order chi connectivity index (χ1) is 7.27. The number of carbonyl (C=O) groups excluding carboxylic acids is 1. The third-order valence-electron chi connectivity index (χ3n) is 2.32. The highest BCUT2D eigenvalue weighted by atomic mass is 16.2. The van der Waals surface area contributed by atoms with Gasteiger partial charge in [0, 0.05) is 12.1 Å². The molecule has 0 atom stereocenters. The molecule has 1 aliphatic carbocycles. The lowest BCUT2D eigenvalue weighted by atomic mass is 10.3. The number of amides is 1. The standard InChI is InChI=1S/C11H13N3O/c1-8(10-4-2-3-7-12-10)13-14-11(15)9-5-6-9/h2-4,7,9H,5-6H2,1H3,(H,14,15)/b13-8-. The summed E-state index contributed by atoms with van der Waals surface area (Å²) in [7, 11) is 0. The summed E-state index contributed by atoms with van der Waals surface area (Å²) >= 11 is 0. The van der Waals surface area contributed by atoms with Crippen molar-refractivity contribution in [3.63, 3.8) is 0 Å². The van der Waals surface area contributed by atoms with Gasteiger partial charge < -0.3 is 0 Å². The van der Waals surface area contributed by atoms with Gasteiger partial charge in [0.1, 0.15) is 0 Å². The molecule has 0 bridgehead atoms. The Morgan fingerprint density at radius 3 is 2.93 bits per heavy atom. The number of hydrogen-bond acceptors (Lipinski definition) is 3. The Morgan fingerprint density at radius 2 is 2.33 bits per heavy atom. The van der Waals surface area contributed by atoms with E-state index >= 15 is 0 Å². The summed E-state index contributed by atoms with van der Waals surface area (Å²) in [6.07, 6.45) is 3.69. The van der Waals surface area contributed by atoms with E-state index in [1.165, 1.54) is 0 Å². The zero-order valence-corrected chi connectivity index (χ0v) is 8.60. The molecule has 0 unspecified atom stereocenters. The number of pyridine rings is 1. The molecule has 1 fully saturated rings. The van der Waals surface area contributed by atoms with Crippen molar-refractivity contribution in [1.29, 1.82) is 0 Å². The second-order valence-electron chi connectivity index (χ2n) is 3.66. The van der Waals surface area contributed by atoms with E-state index in [0.717, 1.165) is 24.2 Å². The summed E-state index contributed by atoms with van der Waals surface area (Å²) in [5, 5.41) is 4.01. The molecule has 4 heteroatoms. The minimum Gasteiger partial charge on any atom is -0.273 e. The zero-order valence-electron chi connectivity index (χ0n) is 8.60. The number of aromatic nitrogens is 1. The maximum absolute atomic E-state index is 11.3. The molecule has 0 aromatic carbocycles. The lowest BCUT2D eigenvalue weighted by Crippen LogP contribution is -2.20. The van der Waals surface area contributed by atoms with E-state index in [1.54, 1.807) is 6.20 Å². The monoisotopic (exact) mass is 203 g/mol. The third-order valence-corrected chi connectivity index (χ3v) is 2.32. The van der Waals surface area contributed by atoms with Crippen LogP contribution in [0.25, 0.3) is 0 Å². The van der Waals surface area contributed by atoms with Crippen LogP contribution in [0.1, 0.15) is 25.5 Å². The van der Waals surface area contributed by atoms with Crippen molar-refractivity contribution < 1.29 is 4.79 Å². The lowest BCUT2D eigenvalue weighted by Gasteiger charge is -2.00. The summed E-state index contributed by atoms with van der Waals surface area (Å²) in [5.41, 5.74) is 4.06. The fourth-order valence-corrected chi connectivity index (χ4v) is 1.21. The quantitative estimate of drug-likeness (QED) is 0.595. The molecule has 0 aliphatic heterocycles. The molecular formula is C11H13N3O. The van der Waals surface area contributed by atoms with Gasteiger partial charge in [-0.05, 0) is 31.9 Å². The van der Waals surface area contributed by atoms with E-state index in [4.69, 9.17) is 0 Å². The van der Waals surface area contributed by atoms with Crippen LogP contribution in [-0.2, 0) is 4.79 Å². The van der Waals surface area contributed by atoms with E-state index < -0.39 is 0 Å². The van der Waals surface area contributed by atoms with Crippen molar-refractivity contribution in [2.24, 2.45) is 11.0 Å². The van der Waals surface area contributed by atoms with Gasteiger partial charge in [-0.1, -0.05) is 6.07 Å². The van der Waals surface area contributed by atoms with Gasteiger partial charge in [-0.15, -0.1) is 0 Å². The van der Waals surface area contributed by atoms with Gasteiger partial charge in [-0.2, -0.15) is 5.10 Å². The summed E-state index contributed by atoms with van der Waals surface area (Å²) in [6, 6.07) is 5.60. The Kier molecular flexibility index (Phi) is 2.76. The van der Waals surface area contributed by atoms with Crippen LogP contribution in [0, 0.1) is 5.92 Å². The predicted octanol–water partition coefficient (Wildman–Crippen LogP) is 1.33. The molecule has 1 aromatic rings. The number of hydrazone groups is 1. The van der Waals surface area contributed by atoms with Gasteiger partial charge >= 0.3 is 0 Å². The summed E-state index contributed by atoms with van der Waals surface area (Å²) in [6.45, 7) is 1.83. The molecule has 0 radical (unpaired) electrons. The number of hydrogen-bond donors (Lipinski definition) is 1. The van der Waals surface area contributed by atoms with Crippen molar-refractivity contribution in [3.05, 3.63) is 30.1 Å². The molecule has 4 nitrogen and oxygen atoms in total. The molecule has 0 saturated heterocycles. The minimum atomic E-state index is 0.0188. The summed E-state index contributed by atoms with van der Waals surface area (Å²) in [4.78, 5) is 15.4. The molecule has 1 aromatic heterocycles. The first-order valence-corrected chi connectivity index (χ1v) is 5.03. The molecular weight excluding hydrogens is 190 g/mol. The zero-order chi connectivity index (χ0) is 10.7. The fourth-order valence-electron chi connectivity index (χ4n) is 1.21. The molecule has 78 valence electrons. The number of nitrogens with one attached hydrogen (secondary N) is 1. The number of carbonyl (C=O) groups is 1. The van der Waals surface area contributed by atoms with E-state index in [-0.39, 0.29) is 11.8 Å². The molecule has 1 saturated carbocycles. The average molecular weight is 203 g/mol. The summed E-state index contributed by atoms with van der Waals surface area (Å²) in [5.74, 6) is 0.204. The molecule has 2 rings (SSSR count). The smallest absolute Gasteiger partial charge is 0.243 e. The Morgan fingerprint density at radius 1 is 1.53 bits per heavy atom. The first kappa shape index (κ1) is 9.83. The second kappa shape index (κ2) is 4.21. The van der Waals surface area contributed by atoms with Crippen molar-refractivity contribution in [3.8, 4) is 0 Å². The van der Waals surface area contributed by atoms with Crippen molar-refractivity contribution in [1.82, 2.24) is 10.4 Å². The Bertz CT molecular complexity index is 382. The number of nitrogens with zero attached hydrogens (tertiary/aromatic N) is 2. The van der Waals surface area contributed by atoms with Crippen LogP contribution in [0.15, 0.2) is 29.5 Å². The molecule has 0 spiro atoms. The molecule has 1 N–H and O–H groups in total. The van der Waals surface area contributed by atoms with Crippen LogP contribution < -0.4 is 5.43 Å².